The van der Waals surface area contributed by atoms with Crippen LogP contribution in [0.15, 0.2) is 22.7 Å². The van der Waals surface area contributed by atoms with Crippen LogP contribution < -0.4 is 5.32 Å². The molecule has 19 heavy (non-hydrogen) atoms. The number of hydrogen-bond acceptors (Lipinski definition) is 2. The van der Waals surface area contributed by atoms with Crippen LogP contribution in [-0.2, 0) is 0 Å². The Morgan fingerprint density at radius 1 is 1.47 bits per heavy atom. The van der Waals surface area contributed by atoms with Crippen LogP contribution in [0.1, 0.15) is 37.0 Å². The maximum atomic E-state index is 12.2. The van der Waals surface area contributed by atoms with Crippen LogP contribution in [0.3, 0.4) is 0 Å². The van der Waals surface area contributed by atoms with Gasteiger partial charge in [0.15, 0.2) is 0 Å². The van der Waals surface area contributed by atoms with E-state index in [2.05, 4.69) is 57.7 Å². The highest BCUT2D eigenvalue weighted by Gasteiger charge is 2.19. The van der Waals surface area contributed by atoms with Crippen molar-refractivity contribution in [2.75, 3.05) is 13.2 Å². The number of carbonyl (C=O) groups excluding carboxylic acids is 1. The van der Waals surface area contributed by atoms with Gasteiger partial charge in [-0.15, -0.1) is 0 Å². The van der Waals surface area contributed by atoms with Crippen molar-refractivity contribution in [3.05, 3.63) is 31.8 Å². The third kappa shape index (κ3) is 5.79. The lowest BCUT2D eigenvalue weighted by Gasteiger charge is -2.24. The monoisotopic (exact) mass is 439 g/mol. The number of carbonyl (C=O) groups is 1. The van der Waals surface area contributed by atoms with Crippen molar-refractivity contribution < 1.29 is 9.90 Å². The molecule has 0 atom stereocenters. The molecule has 0 radical (unpaired) electrons. The van der Waals surface area contributed by atoms with Gasteiger partial charge in [-0.05, 0) is 59.0 Å². The van der Waals surface area contributed by atoms with Gasteiger partial charge in [-0.1, -0.05) is 29.8 Å². The molecule has 0 aromatic heterocycles. The minimum Gasteiger partial charge on any atom is -0.396 e. The quantitative estimate of drug-likeness (QED) is 0.665. The highest BCUT2D eigenvalue weighted by atomic mass is 127. The number of rotatable bonds is 6. The summed E-state index contributed by atoms with van der Waals surface area (Å²) in [7, 11) is 0. The van der Waals surface area contributed by atoms with Crippen molar-refractivity contribution >= 4 is 44.4 Å². The fraction of sp³-hybridized carbons (Fsp3) is 0.500. The summed E-state index contributed by atoms with van der Waals surface area (Å²) in [6.45, 7) is 4.99. The summed E-state index contributed by atoms with van der Waals surface area (Å²) >= 11 is 5.54. The molecule has 0 aliphatic rings. The summed E-state index contributed by atoms with van der Waals surface area (Å²) in [5, 5.41) is 11.8. The number of hydrogen-bond donors (Lipinski definition) is 2. The van der Waals surface area contributed by atoms with Gasteiger partial charge in [0, 0.05) is 21.2 Å². The molecular formula is C14H19BrINO2. The molecule has 5 heteroatoms. The third-order valence-corrected chi connectivity index (χ3v) is 4.35. The number of nitrogens with one attached hydrogen (secondary N) is 1. The van der Waals surface area contributed by atoms with Crippen molar-refractivity contribution in [1.82, 2.24) is 5.32 Å². The van der Waals surface area contributed by atoms with Crippen molar-refractivity contribution in [2.24, 2.45) is 5.41 Å². The summed E-state index contributed by atoms with van der Waals surface area (Å²) in [6, 6.07) is 5.66. The van der Waals surface area contributed by atoms with Gasteiger partial charge < -0.3 is 10.4 Å². The lowest BCUT2D eigenvalue weighted by molar-refractivity contribution is 0.0932. The van der Waals surface area contributed by atoms with Crippen LogP contribution in [0.4, 0.5) is 0 Å². The lowest BCUT2D eigenvalue weighted by atomic mass is 9.88. The second-order valence-electron chi connectivity index (χ2n) is 5.30. The largest absolute Gasteiger partial charge is 0.396 e. The zero-order valence-corrected chi connectivity index (χ0v) is 14.9. The van der Waals surface area contributed by atoms with E-state index in [0.29, 0.717) is 12.1 Å². The third-order valence-electron chi connectivity index (χ3n) is 2.91. The van der Waals surface area contributed by atoms with E-state index >= 15 is 0 Å². The van der Waals surface area contributed by atoms with E-state index < -0.39 is 0 Å². The van der Waals surface area contributed by atoms with Gasteiger partial charge in [0.05, 0.1) is 5.56 Å². The van der Waals surface area contributed by atoms with Gasteiger partial charge in [0.25, 0.3) is 5.91 Å². The Kier molecular flexibility index (Phi) is 6.76. The molecule has 1 amide bonds. The smallest absolute Gasteiger partial charge is 0.252 e. The van der Waals surface area contributed by atoms with E-state index in [4.69, 9.17) is 5.11 Å². The predicted octanol–water partition coefficient (Wildman–Crippen LogP) is 3.58. The zero-order valence-electron chi connectivity index (χ0n) is 11.2. The standard InChI is InChI=1S/C14H19BrINO2/c1-14(2,6-3-7-18)9-17-13(19)11-8-10(15)4-5-12(11)16/h4-5,8,18H,3,6-7,9H2,1-2H3,(H,17,19). The van der Waals surface area contributed by atoms with E-state index in [9.17, 15) is 4.79 Å². The normalized spacial score (nSPS) is 11.4. The first kappa shape index (κ1) is 16.9. The molecule has 1 rings (SSSR count). The van der Waals surface area contributed by atoms with Crippen molar-refractivity contribution in [2.45, 2.75) is 26.7 Å². The highest BCUT2D eigenvalue weighted by molar-refractivity contribution is 14.1. The molecule has 0 heterocycles. The van der Waals surface area contributed by atoms with Crippen molar-refractivity contribution in [3.8, 4) is 0 Å². The van der Waals surface area contributed by atoms with Crippen LogP contribution in [-0.4, -0.2) is 24.2 Å². The Morgan fingerprint density at radius 3 is 2.79 bits per heavy atom. The van der Waals surface area contributed by atoms with Gasteiger partial charge in [-0.2, -0.15) is 0 Å². The number of benzene rings is 1. The molecule has 106 valence electrons. The zero-order chi connectivity index (χ0) is 14.5. The van der Waals surface area contributed by atoms with Crippen LogP contribution in [0.5, 0.6) is 0 Å². The summed E-state index contributed by atoms with van der Waals surface area (Å²) in [4.78, 5) is 12.2. The number of amides is 1. The fourth-order valence-corrected chi connectivity index (χ4v) is 2.67. The minimum atomic E-state index is -0.0530. The van der Waals surface area contributed by atoms with Gasteiger partial charge in [0.1, 0.15) is 0 Å². The molecule has 0 fully saturated rings. The number of halogens is 2. The molecule has 0 aliphatic carbocycles. The van der Waals surface area contributed by atoms with Crippen LogP contribution in [0.2, 0.25) is 0 Å². The Balaban J connectivity index is 2.62. The average molecular weight is 440 g/mol. The maximum absolute atomic E-state index is 12.2. The second-order valence-corrected chi connectivity index (χ2v) is 7.38. The Labute approximate surface area is 136 Å². The Bertz CT molecular complexity index is 449. The summed E-state index contributed by atoms with van der Waals surface area (Å²) in [5.41, 5.74) is 0.684. The van der Waals surface area contributed by atoms with E-state index in [0.717, 1.165) is 20.9 Å². The van der Waals surface area contributed by atoms with Gasteiger partial charge in [-0.3, -0.25) is 4.79 Å². The molecule has 0 saturated carbocycles. The van der Waals surface area contributed by atoms with Crippen LogP contribution in [0.25, 0.3) is 0 Å². The van der Waals surface area contributed by atoms with E-state index in [-0.39, 0.29) is 17.9 Å². The van der Waals surface area contributed by atoms with Gasteiger partial charge in [-0.25, -0.2) is 0 Å². The second kappa shape index (κ2) is 7.59. The molecule has 0 spiro atoms. The molecule has 1 aromatic carbocycles. The van der Waals surface area contributed by atoms with Crippen molar-refractivity contribution in [1.29, 1.82) is 0 Å². The predicted molar refractivity (Wildman–Crippen MR) is 89.3 cm³/mol. The number of aliphatic hydroxyl groups is 1. The average Bonchev–Trinajstić information content (AvgIpc) is 2.36. The molecule has 0 aliphatic heterocycles. The lowest BCUT2D eigenvalue weighted by Crippen LogP contribution is -2.34. The molecule has 0 unspecified atom stereocenters. The minimum absolute atomic E-state index is 0.00413. The van der Waals surface area contributed by atoms with Crippen LogP contribution in [0, 0.1) is 8.99 Å². The van der Waals surface area contributed by atoms with E-state index in [1.165, 1.54) is 0 Å². The Morgan fingerprint density at radius 2 is 2.16 bits per heavy atom. The molecule has 0 bridgehead atoms. The molecular weight excluding hydrogens is 421 g/mol. The van der Waals surface area contributed by atoms with Crippen LogP contribution >= 0.6 is 38.5 Å². The topological polar surface area (TPSA) is 49.3 Å². The first-order chi connectivity index (χ1) is 8.85. The van der Waals surface area contributed by atoms with Gasteiger partial charge >= 0.3 is 0 Å². The summed E-state index contributed by atoms with van der Waals surface area (Å²) < 4.78 is 1.84. The number of aliphatic hydroxyl groups excluding tert-OH is 1. The maximum Gasteiger partial charge on any atom is 0.252 e. The highest BCUT2D eigenvalue weighted by Crippen LogP contribution is 2.22. The Hall–Kier alpha value is -0.140. The molecule has 0 saturated heterocycles. The van der Waals surface area contributed by atoms with E-state index in [1.54, 1.807) is 0 Å². The molecule has 3 nitrogen and oxygen atoms in total. The first-order valence-electron chi connectivity index (χ1n) is 6.20. The SMILES string of the molecule is CC(C)(CCCO)CNC(=O)c1cc(Br)ccc1I. The molecule has 1 aromatic rings. The first-order valence-corrected chi connectivity index (χ1v) is 8.07. The van der Waals surface area contributed by atoms with Gasteiger partial charge in [0.2, 0.25) is 0 Å². The summed E-state index contributed by atoms with van der Waals surface area (Å²) in [5.74, 6) is -0.0530. The summed E-state index contributed by atoms with van der Waals surface area (Å²) in [6.07, 6.45) is 1.65. The van der Waals surface area contributed by atoms with E-state index in [1.807, 2.05) is 18.2 Å². The van der Waals surface area contributed by atoms with Crippen molar-refractivity contribution in [3.63, 3.8) is 0 Å². The fourth-order valence-electron chi connectivity index (χ4n) is 1.73. The molecule has 2 N–H and O–H groups in total.